The number of nitrogens with one attached hydrogen (secondary N) is 2. The van der Waals surface area contributed by atoms with Crippen molar-refractivity contribution >= 4 is 17.8 Å². The van der Waals surface area contributed by atoms with E-state index in [1.165, 1.54) is 0 Å². The molecule has 3 rings (SSSR count). The van der Waals surface area contributed by atoms with Gasteiger partial charge in [-0.1, -0.05) is 44.2 Å². The Balaban J connectivity index is 1.62. The third-order valence-electron chi connectivity index (χ3n) is 6.01. The standard InChI is InChI=1S/C21H30N4O3/c1-3-21(4-2)19(27)25(20(28)23-21)15-18(26)22-14-17(24-12-8-9-13-24)16-10-6-5-7-11-16/h5-7,10-11,17H,3-4,8-9,12-15H2,1-2H3,(H,22,26)(H,23,28). The monoisotopic (exact) mass is 386 g/mol. The Labute approximate surface area is 166 Å². The number of hydrogen-bond donors (Lipinski definition) is 2. The molecule has 2 N–H and O–H groups in total. The van der Waals surface area contributed by atoms with Crippen molar-refractivity contribution in [3.05, 3.63) is 35.9 Å². The minimum atomic E-state index is -0.876. The molecule has 0 aliphatic carbocycles. The largest absolute Gasteiger partial charge is 0.353 e. The molecule has 2 aliphatic rings. The summed E-state index contributed by atoms with van der Waals surface area (Å²) in [4.78, 5) is 40.8. The van der Waals surface area contributed by atoms with E-state index in [-0.39, 0.29) is 24.4 Å². The summed E-state index contributed by atoms with van der Waals surface area (Å²) in [6.45, 7) is 5.97. The Morgan fingerprint density at radius 3 is 2.36 bits per heavy atom. The molecule has 1 unspecified atom stereocenters. The first-order valence-electron chi connectivity index (χ1n) is 10.2. The lowest BCUT2D eigenvalue weighted by Gasteiger charge is -2.28. The fourth-order valence-corrected chi connectivity index (χ4v) is 4.15. The van der Waals surface area contributed by atoms with Gasteiger partial charge in [-0.2, -0.15) is 0 Å². The number of likely N-dealkylation sites (tertiary alicyclic amines) is 1. The first-order chi connectivity index (χ1) is 13.5. The zero-order valence-corrected chi connectivity index (χ0v) is 16.7. The second-order valence-electron chi connectivity index (χ2n) is 7.58. The topological polar surface area (TPSA) is 81.8 Å². The van der Waals surface area contributed by atoms with Crippen LogP contribution in [0.25, 0.3) is 0 Å². The van der Waals surface area contributed by atoms with Crippen LogP contribution < -0.4 is 10.6 Å². The van der Waals surface area contributed by atoms with Gasteiger partial charge in [0.25, 0.3) is 5.91 Å². The van der Waals surface area contributed by atoms with Crippen molar-refractivity contribution in [3.63, 3.8) is 0 Å². The summed E-state index contributed by atoms with van der Waals surface area (Å²) in [6, 6.07) is 9.75. The van der Waals surface area contributed by atoms with E-state index in [1.807, 2.05) is 32.0 Å². The van der Waals surface area contributed by atoms with Gasteiger partial charge in [0.15, 0.2) is 0 Å². The summed E-state index contributed by atoms with van der Waals surface area (Å²) < 4.78 is 0. The van der Waals surface area contributed by atoms with Gasteiger partial charge < -0.3 is 10.6 Å². The van der Waals surface area contributed by atoms with E-state index in [4.69, 9.17) is 0 Å². The molecular formula is C21H30N4O3. The van der Waals surface area contributed by atoms with Crippen LogP contribution >= 0.6 is 0 Å². The zero-order valence-electron chi connectivity index (χ0n) is 16.7. The number of rotatable bonds is 8. The highest BCUT2D eigenvalue weighted by molar-refractivity contribution is 6.08. The molecule has 1 aromatic rings. The molecule has 152 valence electrons. The molecular weight excluding hydrogens is 356 g/mol. The predicted octanol–water partition coefficient (Wildman–Crippen LogP) is 2.05. The van der Waals surface area contributed by atoms with Gasteiger partial charge in [-0.05, 0) is 44.3 Å². The van der Waals surface area contributed by atoms with Crippen LogP contribution in [-0.4, -0.2) is 59.4 Å². The molecule has 2 heterocycles. The fraction of sp³-hybridized carbons (Fsp3) is 0.571. The van der Waals surface area contributed by atoms with Crippen LogP contribution in [-0.2, 0) is 9.59 Å². The summed E-state index contributed by atoms with van der Waals surface area (Å²) >= 11 is 0. The highest BCUT2D eigenvalue weighted by Gasteiger charge is 2.49. The van der Waals surface area contributed by atoms with Crippen LogP contribution in [0.3, 0.4) is 0 Å². The van der Waals surface area contributed by atoms with Crippen molar-refractivity contribution in [3.8, 4) is 0 Å². The highest BCUT2D eigenvalue weighted by Crippen LogP contribution is 2.26. The molecule has 28 heavy (non-hydrogen) atoms. The van der Waals surface area contributed by atoms with Gasteiger partial charge in [0, 0.05) is 6.54 Å². The van der Waals surface area contributed by atoms with E-state index in [0.717, 1.165) is 36.4 Å². The first-order valence-corrected chi connectivity index (χ1v) is 10.2. The molecule has 7 heteroatoms. The average molecular weight is 386 g/mol. The SMILES string of the molecule is CCC1(CC)NC(=O)N(CC(=O)NCC(c2ccccc2)N2CCCC2)C1=O. The molecule has 0 saturated carbocycles. The minimum Gasteiger partial charge on any atom is -0.353 e. The average Bonchev–Trinajstić information content (AvgIpc) is 3.32. The first kappa shape index (κ1) is 20.3. The van der Waals surface area contributed by atoms with Crippen molar-refractivity contribution < 1.29 is 14.4 Å². The molecule has 0 aromatic heterocycles. The molecule has 2 aliphatic heterocycles. The third kappa shape index (κ3) is 4.04. The van der Waals surface area contributed by atoms with E-state index in [1.54, 1.807) is 0 Å². The summed E-state index contributed by atoms with van der Waals surface area (Å²) in [5, 5.41) is 5.69. The summed E-state index contributed by atoms with van der Waals surface area (Å²) in [6.07, 6.45) is 3.35. The fourth-order valence-electron chi connectivity index (χ4n) is 4.15. The van der Waals surface area contributed by atoms with E-state index in [0.29, 0.717) is 19.4 Å². The molecule has 0 bridgehead atoms. The van der Waals surface area contributed by atoms with E-state index in [2.05, 4.69) is 27.7 Å². The normalized spacial score (nSPS) is 20.3. The maximum Gasteiger partial charge on any atom is 0.325 e. The third-order valence-corrected chi connectivity index (χ3v) is 6.01. The van der Waals surface area contributed by atoms with Gasteiger partial charge in [0.2, 0.25) is 5.91 Å². The lowest BCUT2D eigenvalue weighted by Crippen LogP contribution is -2.47. The number of urea groups is 1. The van der Waals surface area contributed by atoms with Crippen molar-refractivity contribution in [2.45, 2.75) is 51.1 Å². The van der Waals surface area contributed by atoms with Crippen LogP contribution in [0.5, 0.6) is 0 Å². The Morgan fingerprint density at radius 2 is 1.79 bits per heavy atom. The smallest absolute Gasteiger partial charge is 0.325 e. The van der Waals surface area contributed by atoms with Crippen LogP contribution in [0, 0.1) is 0 Å². The van der Waals surface area contributed by atoms with Gasteiger partial charge >= 0.3 is 6.03 Å². The summed E-state index contributed by atoms with van der Waals surface area (Å²) in [5.41, 5.74) is 0.287. The number of carbonyl (C=O) groups is 3. The van der Waals surface area contributed by atoms with Crippen molar-refractivity contribution in [2.75, 3.05) is 26.2 Å². The van der Waals surface area contributed by atoms with Crippen LogP contribution in [0.4, 0.5) is 4.79 Å². The van der Waals surface area contributed by atoms with Crippen molar-refractivity contribution in [2.24, 2.45) is 0 Å². The van der Waals surface area contributed by atoms with E-state index in [9.17, 15) is 14.4 Å². The van der Waals surface area contributed by atoms with Crippen LogP contribution in [0.1, 0.15) is 51.1 Å². The predicted molar refractivity (Wildman–Crippen MR) is 107 cm³/mol. The summed E-state index contributed by atoms with van der Waals surface area (Å²) in [5.74, 6) is -0.622. The minimum absolute atomic E-state index is 0.0983. The number of hydrogen-bond acceptors (Lipinski definition) is 4. The van der Waals surface area contributed by atoms with Gasteiger partial charge in [-0.3, -0.25) is 19.4 Å². The maximum atomic E-state index is 12.7. The molecule has 1 aromatic carbocycles. The Bertz CT molecular complexity index is 712. The van der Waals surface area contributed by atoms with Crippen molar-refractivity contribution in [1.82, 2.24) is 20.4 Å². The molecule has 4 amide bonds. The maximum absolute atomic E-state index is 12.7. The lowest BCUT2D eigenvalue weighted by molar-refractivity contribution is -0.135. The molecule has 7 nitrogen and oxygen atoms in total. The second kappa shape index (κ2) is 8.73. The number of carbonyl (C=O) groups excluding carboxylic acids is 3. The number of benzene rings is 1. The van der Waals surface area contributed by atoms with E-state index < -0.39 is 11.6 Å². The second-order valence-corrected chi connectivity index (χ2v) is 7.58. The zero-order chi connectivity index (χ0) is 20.1. The lowest BCUT2D eigenvalue weighted by atomic mass is 9.93. The Kier molecular flexibility index (Phi) is 6.34. The van der Waals surface area contributed by atoms with Gasteiger partial charge in [0.05, 0.1) is 6.04 Å². The highest BCUT2D eigenvalue weighted by atomic mass is 16.2. The van der Waals surface area contributed by atoms with Crippen LogP contribution in [0.2, 0.25) is 0 Å². The van der Waals surface area contributed by atoms with Crippen LogP contribution in [0.15, 0.2) is 30.3 Å². The quantitative estimate of drug-likeness (QED) is 0.670. The molecule has 1 atom stereocenters. The van der Waals surface area contributed by atoms with Gasteiger partial charge in [0.1, 0.15) is 12.1 Å². The number of imide groups is 1. The Hall–Kier alpha value is -2.41. The van der Waals surface area contributed by atoms with Gasteiger partial charge in [-0.25, -0.2) is 4.79 Å². The van der Waals surface area contributed by atoms with Crippen molar-refractivity contribution in [1.29, 1.82) is 0 Å². The van der Waals surface area contributed by atoms with Gasteiger partial charge in [-0.15, -0.1) is 0 Å². The van der Waals surface area contributed by atoms with E-state index >= 15 is 0 Å². The summed E-state index contributed by atoms with van der Waals surface area (Å²) in [7, 11) is 0. The number of amides is 4. The Morgan fingerprint density at radius 1 is 1.14 bits per heavy atom. The molecule has 2 saturated heterocycles. The molecule has 0 spiro atoms. The number of nitrogens with zero attached hydrogens (tertiary/aromatic N) is 2. The molecule has 0 radical (unpaired) electrons. The molecule has 2 fully saturated rings.